The maximum absolute atomic E-state index is 12.1. The molecule has 2 amide bonds. The number of aliphatic carboxylic acids is 1. The predicted octanol–water partition coefficient (Wildman–Crippen LogP) is 0.519. The van der Waals surface area contributed by atoms with Gasteiger partial charge in [-0.15, -0.1) is 0 Å². The van der Waals surface area contributed by atoms with Gasteiger partial charge >= 0.3 is 12.1 Å². The highest BCUT2D eigenvalue weighted by atomic mass is 16.6. The van der Waals surface area contributed by atoms with Crippen LogP contribution in [0.3, 0.4) is 0 Å². The zero-order chi connectivity index (χ0) is 17.6. The van der Waals surface area contributed by atoms with Gasteiger partial charge in [-0.3, -0.25) is 14.9 Å². The predicted molar refractivity (Wildman–Crippen MR) is 84.1 cm³/mol. The molecule has 0 aromatic rings. The van der Waals surface area contributed by atoms with Crippen LogP contribution in [0.1, 0.15) is 34.1 Å². The van der Waals surface area contributed by atoms with Crippen molar-refractivity contribution < 1.29 is 24.2 Å². The van der Waals surface area contributed by atoms with Crippen molar-refractivity contribution in [3.63, 3.8) is 0 Å². The summed E-state index contributed by atoms with van der Waals surface area (Å²) in [5.74, 6) is -1.12. The van der Waals surface area contributed by atoms with Gasteiger partial charge in [0.2, 0.25) is 5.91 Å². The number of amides is 2. The molecule has 1 saturated heterocycles. The highest BCUT2D eigenvalue weighted by Crippen LogP contribution is 2.11. The molecule has 0 saturated carbocycles. The monoisotopic (exact) mass is 329 g/mol. The van der Waals surface area contributed by atoms with Crippen molar-refractivity contribution >= 4 is 18.0 Å². The zero-order valence-electron chi connectivity index (χ0n) is 14.3. The van der Waals surface area contributed by atoms with Gasteiger partial charge in [-0.1, -0.05) is 6.92 Å². The Morgan fingerprint density at radius 1 is 1.13 bits per heavy atom. The van der Waals surface area contributed by atoms with E-state index in [9.17, 15) is 14.4 Å². The average molecular weight is 329 g/mol. The average Bonchev–Trinajstić information content (AvgIpc) is 2.45. The Morgan fingerprint density at radius 3 is 2.09 bits per heavy atom. The molecule has 132 valence electrons. The Kier molecular flexibility index (Phi) is 6.80. The smallest absolute Gasteiger partial charge is 0.410 e. The summed E-state index contributed by atoms with van der Waals surface area (Å²) >= 11 is 0. The molecule has 0 bridgehead atoms. The Balaban J connectivity index is 2.39. The van der Waals surface area contributed by atoms with Crippen molar-refractivity contribution in [3.8, 4) is 0 Å². The number of carbonyl (C=O) groups excluding carboxylic acids is 2. The molecule has 2 N–H and O–H groups in total. The molecule has 0 spiro atoms. The van der Waals surface area contributed by atoms with Gasteiger partial charge in [0.25, 0.3) is 0 Å². The molecular formula is C15H27N3O5. The minimum absolute atomic E-state index is 0.0166. The van der Waals surface area contributed by atoms with E-state index in [4.69, 9.17) is 9.84 Å². The first-order valence-corrected chi connectivity index (χ1v) is 7.86. The molecule has 1 unspecified atom stereocenters. The van der Waals surface area contributed by atoms with Crippen LogP contribution in [-0.4, -0.2) is 77.2 Å². The lowest BCUT2D eigenvalue weighted by Gasteiger charge is -2.35. The Labute approximate surface area is 136 Å². The molecular weight excluding hydrogens is 302 g/mol. The molecule has 1 aliphatic heterocycles. The van der Waals surface area contributed by atoms with Gasteiger partial charge in [-0.05, 0) is 27.2 Å². The fourth-order valence-electron chi connectivity index (χ4n) is 2.19. The maximum Gasteiger partial charge on any atom is 0.410 e. The van der Waals surface area contributed by atoms with E-state index in [1.54, 1.807) is 16.7 Å². The van der Waals surface area contributed by atoms with E-state index < -0.39 is 17.6 Å². The Hall–Kier alpha value is -1.83. The topological polar surface area (TPSA) is 99.2 Å². The van der Waals surface area contributed by atoms with Crippen LogP contribution in [-0.2, 0) is 14.3 Å². The molecule has 1 fully saturated rings. The summed E-state index contributed by atoms with van der Waals surface area (Å²) in [6, 6.07) is -0.720. The minimum atomic E-state index is -0.963. The summed E-state index contributed by atoms with van der Waals surface area (Å²) in [6.45, 7) is 8.82. The summed E-state index contributed by atoms with van der Waals surface area (Å²) < 4.78 is 5.30. The summed E-state index contributed by atoms with van der Waals surface area (Å²) in [5, 5.41) is 11.7. The largest absolute Gasteiger partial charge is 0.480 e. The molecule has 0 aromatic heterocycles. The standard InChI is InChI=1S/C15H27N3O5/c1-5-11(13(20)21)16-10-12(19)17-6-8-18(9-7-17)14(22)23-15(2,3)4/h11,16H,5-10H2,1-4H3,(H,20,21). The van der Waals surface area contributed by atoms with E-state index in [0.29, 0.717) is 32.6 Å². The van der Waals surface area contributed by atoms with Crippen LogP contribution in [0, 0.1) is 0 Å². The van der Waals surface area contributed by atoms with Gasteiger partial charge in [0, 0.05) is 26.2 Å². The third kappa shape index (κ3) is 6.43. The fraction of sp³-hybridized carbons (Fsp3) is 0.800. The van der Waals surface area contributed by atoms with Crippen LogP contribution >= 0.6 is 0 Å². The highest BCUT2D eigenvalue weighted by molar-refractivity contribution is 5.80. The van der Waals surface area contributed by atoms with Crippen LogP contribution in [0.15, 0.2) is 0 Å². The van der Waals surface area contributed by atoms with Crippen LogP contribution in [0.2, 0.25) is 0 Å². The van der Waals surface area contributed by atoms with Gasteiger partial charge in [-0.25, -0.2) is 4.79 Å². The van der Waals surface area contributed by atoms with E-state index >= 15 is 0 Å². The number of carboxylic acids is 1. The van der Waals surface area contributed by atoms with Gasteiger partial charge in [0.05, 0.1) is 6.54 Å². The van der Waals surface area contributed by atoms with E-state index in [2.05, 4.69) is 5.32 Å². The number of hydrogen-bond donors (Lipinski definition) is 2. The number of ether oxygens (including phenoxy) is 1. The number of hydrogen-bond acceptors (Lipinski definition) is 5. The van der Waals surface area contributed by atoms with Gasteiger partial charge in [0.15, 0.2) is 0 Å². The first-order chi connectivity index (χ1) is 10.6. The summed E-state index contributed by atoms with van der Waals surface area (Å²) in [6.07, 6.45) is 0.0364. The second-order valence-corrected chi connectivity index (χ2v) is 6.53. The summed E-state index contributed by atoms with van der Waals surface area (Å²) in [4.78, 5) is 38.1. The third-order valence-electron chi connectivity index (χ3n) is 3.49. The quantitative estimate of drug-likeness (QED) is 0.763. The number of nitrogens with one attached hydrogen (secondary N) is 1. The van der Waals surface area contributed by atoms with Crippen molar-refractivity contribution in [1.82, 2.24) is 15.1 Å². The molecule has 0 aliphatic carbocycles. The number of carboxylic acid groups (broad SMARTS) is 1. The maximum atomic E-state index is 12.1. The lowest BCUT2D eigenvalue weighted by molar-refractivity contribution is -0.140. The lowest BCUT2D eigenvalue weighted by Crippen LogP contribution is -2.54. The number of piperazine rings is 1. The number of nitrogens with zero attached hydrogens (tertiary/aromatic N) is 2. The molecule has 1 aliphatic rings. The van der Waals surface area contributed by atoms with Crippen molar-refractivity contribution in [2.75, 3.05) is 32.7 Å². The highest BCUT2D eigenvalue weighted by Gasteiger charge is 2.28. The van der Waals surface area contributed by atoms with Gasteiger partial charge < -0.3 is 19.6 Å². The van der Waals surface area contributed by atoms with Crippen molar-refractivity contribution in [1.29, 1.82) is 0 Å². The van der Waals surface area contributed by atoms with E-state index in [0.717, 1.165) is 0 Å². The summed E-state index contributed by atoms with van der Waals surface area (Å²) in [5.41, 5.74) is -0.542. The number of carbonyl (C=O) groups is 3. The van der Waals surface area contributed by atoms with Gasteiger partial charge in [-0.2, -0.15) is 0 Å². The third-order valence-corrected chi connectivity index (χ3v) is 3.49. The molecule has 8 nitrogen and oxygen atoms in total. The van der Waals surface area contributed by atoms with Crippen molar-refractivity contribution in [2.24, 2.45) is 0 Å². The second kappa shape index (κ2) is 8.14. The summed E-state index contributed by atoms with van der Waals surface area (Å²) in [7, 11) is 0. The first kappa shape index (κ1) is 19.2. The van der Waals surface area contributed by atoms with Crippen molar-refractivity contribution in [2.45, 2.75) is 45.8 Å². The molecule has 0 aromatic carbocycles. The Morgan fingerprint density at radius 2 is 1.65 bits per heavy atom. The lowest BCUT2D eigenvalue weighted by atomic mass is 10.2. The molecule has 1 rings (SSSR count). The SMILES string of the molecule is CCC(NCC(=O)N1CCN(C(=O)OC(C)(C)C)CC1)C(=O)O. The van der Waals surface area contributed by atoms with E-state index in [-0.39, 0.29) is 18.5 Å². The van der Waals surface area contributed by atoms with E-state index in [1.807, 2.05) is 20.8 Å². The second-order valence-electron chi connectivity index (χ2n) is 6.53. The molecule has 0 radical (unpaired) electrons. The van der Waals surface area contributed by atoms with E-state index in [1.165, 1.54) is 0 Å². The van der Waals surface area contributed by atoms with Crippen LogP contribution < -0.4 is 5.32 Å². The normalized spacial score (nSPS) is 16.9. The molecule has 1 heterocycles. The zero-order valence-corrected chi connectivity index (χ0v) is 14.3. The fourth-order valence-corrected chi connectivity index (χ4v) is 2.19. The first-order valence-electron chi connectivity index (χ1n) is 7.86. The molecule has 23 heavy (non-hydrogen) atoms. The van der Waals surface area contributed by atoms with Crippen LogP contribution in [0.25, 0.3) is 0 Å². The minimum Gasteiger partial charge on any atom is -0.480 e. The Bertz CT molecular complexity index is 439. The molecule has 1 atom stereocenters. The molecule has 8 heteroatoms. The van der Waals surface area contributed by atoms with Crippen LogP contribution in [0.4, 0.5) is 4.79 Å². The van der Waals surface area contributed by atoms with Crippen LogP contribution in [0.5, 0.6) is 0 Å². The van der Waals surface area contributed by atoms with Gasteiger partial charge in [0.1, 0.15) is 11.6 Å². The van der Waals surface area contributed by atoms with Crippen molar-refractivity contribution in [3.05, 3.63) is 0 Å². The number of rotatable bonds is 5.